The smallest absolute Gasteiger partial charge is 0.0233 e. The molecule has 0 aliphatic carbocycles. The third-order valence-corrected chi connectivity index (χ3v) is 3.43. The molecule has 0 aromatic heterocycles. The number of benzene rings is 1. The third-order valence-electron chi connectivity index (χ3n) is 3.43. The van der Waals surface area contributed by atoms with Crippen molar-refractivity contribution in [2.75, 3.05) is 13.1 Å². The van der Waals surface area contributed by atoms with E-state index in [4.69, 9.17) is 0 Å². The summed E-state index contributed by atoms with van der Waals surface area (Å²) < 4.78 is 0. The highest BCUT2D eigenvalue weighted by Crippen LogP contribution is 2.24. The molecule has 1 aromatic rings. The van der Waals surface area contributed by atoms with E-state index in [0.29, 0.717) is 5.92 Å². The first-order valence-electron chi connectivity index (χ1n) is 6.37. The predicted molar refractivity (Wildman–Crippen MR) is 73.8 cm³/mol. The first-order valence-corrected chi connectivity index (χ1v) is 6.37. The fraction of sp³-hybridized carbons (Fsp3) is 0.375. The van der Waals surface area contributed by atoms with Crippen molar-refractivity contribution >= 4 is 0 Å². The molecule has 1 atom stereocenters. The summed E-state index contributed by atoms with van der Waals surface area (Å²) in [5, 5.41) is 0. The molecule has 0 saturated carbocycles. The number of rotatable bonds is 4. The molecule has 1 aliphatic heterocycles. The molecule has 2 rings (SSSR count). The van der Waals surface area contributed by atoms with Crippen LogP contribution in [0.4, 0.5) is 0 Å². The van der Waals surface area contributed by atoms with Gasteiger partial charge in [0, 0.05) is 13.1 Å². The van der Waals surface area contributed by atoms with Crippen LogP contribution in [0.15, 0.2) is 54.6 Å². The van der Waals surface area contributed by atoms with Crippen LogP contribution in [-0.4, -0.2) is 18.0 Å². The van der Waals surface area contributed by atoms with E-state index in [0.717, 1.165) is 13.1 Å². The molecular weight excluding hydrogens is 206 g/mol. The van der Waals surface area contributed by atoms with Crippen molar-refractivity contribution in [2.45, 2.75) is 19.9 Å². The maximum Gasteiger partial charge on any atom is 0.0233 e. The summed E-state index contributed by atoms with van der Waals surface area (Å²) in [5.41, 5.74) is 2.69. The Labute approximate surface area is 104 Å². The molecule has 1 nitrogen and oxygen atoms in total. The summed E-state index contributed by atoms with van der Waals surface area (Å²) in [5.74, 6) is 0.648. The van der Waals surface area contributed by atoms with Crippen LogP contribution >= 0.6 is 0 Å². The first-order chi connectivity index (χ1) is 8.29. The number of allylic oxidation sites excluding steroid dienone is 2. The van der Waals surface area contributed by atoms with Crippen molar-refractivity contribution in [1.29, 1.82) is 0 Å². The highest BCUT2D eigenvalue weighted by Gasteiger charge is 2.23. The number of hydrogen-bond acceptors (Lipinski definition) is 1. The van der Waals surface area contributed by atoms with Gasteiger partial charge in [-0.15, -0.1) is 0 Å². The molecular formula is C16H21N. The van der Waals surface area contributed by atoms with Gasteiger partial charge in [-0.25, -0.2) is 0 Å². The Kier molecular flexibility index (Phi) is 4.16. The van der Waals surface area contributed by atoms with Gasteiger partial charge in [0.25, 0.3) is 0 Å². The lowest BCUT2D eigenvalue weighted by atomic mass is 9.99. The van der Waals surface area contributed by atoms with Crippen molar-refractivity contribution in [1.82, 2.24) is 4.90 Å². The molecule has 0 amide bonds. The highest BCUT2D eigenvalue weighted by molar-refractivity contribution is 5.20. The summed E-state index contributed by atoms with van der Waals surface area (Å²) >= 11 is 0. The second kappa shape index (κ2) is 5.83. The molecule has 1 aromatic carbocycles. The molecule has 90 valence electrons. The highest BCUT2D eigenvalue weighted by atomic mass is 15.1. The monoisotopic (exact) mass is 227 g/mol. The maximum atomic E-state index is 4.15. The molecule has 1 heterocycles. The van der Waals surface area contributed by atoms with E-state index in [-0.39, 0.29) is 0 Å². The minimum Gasteiger partial charge on any atom is -0.298 e. The Balaban J connectivity index is 1.88. The lowest BCUT2D eigenvalue weighted by molar-refractivity contribution is 0.323. The standard InChI is InChI=1S/C16H21N/c1-3-7-14(2)16-10-11-17(13-16)12-15-8-5-4-6-9-15/h3-9,16H,2,10-13H2,1H3. The minimum atomic E-state index is 0.648. The third kappa shape index (κ3) is 3.31. The second-order valence-electron chi connectivity index (χ2n) is 4.78. The van der Waals surface area contributed by atoms with Crippen molar-refractivity contribution in [2.24, 2.45) is 5.92 Å². The SMILES string of the molecule is C=C(C=CC)C1CCN(Cc2ccccc2)C1. The molecule has 17 heavy (non-hydrogen) atoms. The van der Waals surface area contributed by atoms with Crippen LogP contribution < -0.4 is 0 Å². The molecule has 0 bridgehead atoms. The van der Waals surface area contributed by atoms with Gasteiger partial charge in [-0.05, 0) is 31.4 Å². The fourth-order valence-electron chi connectivity index (χ4n) is 2.47. The van der Waals surface area contributed by atoms with E-state index in [9.17, 15) is 0 Å². The molecule has 1 aliphatic rings. The molecule has 1 heteroatoms. The van der Waals surface area contributed by atoms with Crippen molar-refractivity contribution in [3.05, 3.63) is 60.2 Å². The predicted octanol–water partition coefficient (Wildman–Crippen LogP) is 3.64. The fourth-order valence-corrected chi connectivity index (χ4v) is 2.47. The summed E-state index contributed by atoms with van der Waals surface area (Å²) in [6.07, 6.45) is 5.48. The maximum absolute atomic E-state index is 4.15. The Hall–Kier alpha value is -1.34. The minimum absolute atomic E-state index is 0.648. The largest absolute Gasteiger partial charge is 0.298 e. The van der Waals surface area contributed by atoms with E-state index in [1.807, 2.05) is 0 Å². The molecule has 1 saturated heterocycles. The summed E-state index contributed by atoms with van der Waals surface area (Å²) in [6.45, 7) is 9.62. The van der Waals surface area contributed by atoms with Crippen LogP contribution in [-0.2, 0) is 6.54 Å². The average Bonchev–Trinajstić information content (AvgIpc) is 2.79. The average molecular weight is 227 g/mol. The van der Waals surface area contributed by atoms with E-state index in [1.54, 1.807) is 0 Å². The van der Waals surface area contributed by atoms with Crippen molar-refractivity contribution in [3.63, 3.8) is 0 Å². The number of likely N-dealkylation sites (tertiary alicyclic amines) is 1. The summed E-state index contributed by atoms with van der Waals surface area (Å²) in [7, 11) is 0. The lowest BCUT2D eigenvalue weighted by Crippen LogP contribution is -2.20. The van der Waals surface area contributed by atoms with Crippen molar-refractivity contribution < 1.29 is 0 Å². The van der Waals surface area contributed by atoms with Crippen LogP contribution in [0.2, 0.25) is 0 Å². The topological polar surface area (TPSA) is 3.24 Å². The summed E-state index contributed by atoms with van der Waals surface area (Å²) in [4.78, 5) is 2.52. The lowest BCUT2D eigenvalue weighted by Gasteiger charge is -2.16. The van der Waals surface area contributed by atoms with Gasteiger partial charge in [0.05, 0.1) is 0 Å². The van der Waals surface area contributed by atoms with Gasteiger partial charge < -0.3 is 0 Å². The van der Waals surface area contributed by atoms with Gasteiger partial charge in [0.1, 0.15) is 0 Å². The van der Waals surface area contributed by atoms with Gasteiger partial charge in [-0.2, -0.15) is 0 Å². The van der Waals surface area contributed by atoms with E-state index >= 15 is 0 Å². The quantitative estimate of drug-likeness (QED) is 0.710. The molecule has 0 N–H and O–H groups in total. The van der Waals surface area contributed by atoms with E-state index in [1.165, 1.54) is 24.1 Å². The Morgan fingerprint density at radius 1 is 1.41 bits per heavy atom. The zero-order chi connectivity index (χ0) is 12.1. The van der Waals surface area contributed by atoms with Crippen LogP contribution in [0.25, 0.3) is 0 Å². The van der Waals surface area contributed by atoms with Crippen LogP contribution in [0.5, 0.6) is 0 Å². The number of hydrogen-bond donors (Lipinski definition) is 0. The summed E-state index contributed by atoms with van der Waals surface area (Å²) in [6, 6.07) is 10.7. The van der Waals surface area contributed by atoms with Gasteiger partial charge in [0.15, 0.2) is 0 Å². The molecule has 1 fully saturated rings. The zero-order valence-electron chi connectivity index (χ0n) is 10.6. The Morgan fingerprint density at radius 2 is 2.18 bits per heavy atom. The second-order valence-corrected chi connectivity index (χ2v) is 4.78. The Morgan fingerprint density at radius 3 is 2.88 bits per heavy atom. The van der Waals surface area contributed by atoms with Gasteiger partial charge in [-0.3, -0.25) is 4.90 Å². The zero-order valence-corrected chi connectivity index (χ0v) is 10.6. The van der Waals surface area contributed by atoms with Gasteiger partial charge >= 0.3 is 0 Å². The van der Waals surface area contributed by atoms with Crippen molar-refractivity contribution in [3.8, 4) is 0 Å². The van der Waals surface area contributed by atoms with Gasteiger partial charge in [-0.1, -0.05) is 54.6 Å². The van der Waals surface area contributed by atoms with Crippen LogP contribution in [0, 0.1) is 5.92 Å². The van der Waals surface area contributed by atoms with E-state index in [2.05, 4.69) is 60.9 Å². The molecule has 0 radical (unpaired) electrons. The Bertz CT molecular complexity index is 391. The van der Waals surface area contributed by atoms with Gasteiger partial charge in [0.2, 0.25) is 0 Å². The number of nitrogens with zero attached hydrogens (tertiary/aromatic N) is 1. The molecule has 1 unspecified atom stereocenters. The van der Waals surface area contributed by atoms with Crippen LogP contribution in [0.3, 0.4) is 0 Å². The first kappa shape index (κ1) is 12.1. The molecule has 0 spiro atoms. The normalized spacial score (nSPS) is 21.1. The van der Waals surface area contributed by atoms with Crippen LogP contribution in [0.1, 0.15) is 18.9 Å². The van der Waals surface area contributed by atoms with E-state index < -0.39 is 0 Å².